The highest BCUT2D eigenvalue weighted by Gasteiger charge is 2.01. The Kier molecular flexibility index (Phi) is 4.44. The molecule has 18 heavy (non-hydrogen) atoms. The molecule has 0 atom stereocenters. The van der Waals surface area contributed by atoms with Gasteiger partial charge in [0.15, 0.2) is 0 Å². The monoisotopic (exact) mass is 325 g/mol. The summed E-state index contributed by atoms with van der Waals surface area (Å²) >= 11 is 9.25. The Balaban J connectivity index is 1.90. The van der Waals surface area contributed by atoms with Gasteiger partial charge < -0.3 is 11.1 Å². The van der Waals surface area contributed by atoms with Crippen molar-refractivity contribution >= 4 is 39.0 Å². The summed E-state index contributed by atoms with van der Waals surface area (Å²) in [5.41, 5.74) is 7.51. The van der Waals surface area contributed by atoms with Gasteiger partial charge in [-0.1, -0.05) is 23.7 Å². The molecule has 1 heterocycles. The van der Waals surface area contributed by atoms with E-state index in [9.17, 15) is 0 Å². The fourth-order valence-electron chi connectivity index (χ4n) is 1.56. The highest BCUT2D eigenvalue weighted by Crippen LogP contribution is 2.21. The maximum Gasteiger partial charge on any atom is 0.140 e. The summed E-state index contributed by atoms with van der Waals surface area (Å²) in [5.74, 6) is 0.804. The van der Waals surface area contributed by atoms with Crippen LogP contribution in [-0.4, -0.2) is 11.5 Å². The summed E-state index contributed by atoms with van der Waals surface area (Å²) in [6, 6.07) is 9.67. The lowest BCUT2D eigenvalue weighted by Gasteiger charge is -2.08. The van der Waals surface area contributed by atoms with Gasteiger partial charge in [-0.25, -0.2) is 4.98 Å². The van der Waals surface area contributed by atoms with Crippen molar-refractivity contribution in [2.24, 2.45) is 0 Å². The van der Waals surface area contributed by atoms with Crippen LogP contribution in [0.2, 0.25) is 5.02 Å². The number of nitrogens with two attached hydrogens (primary N) is 1. The smallest absolute Gasteiger partial charge is 0.140 e. The average Bonchev–Trinajstić information content (AvgIpc) is 2.34. The second kappa shape index (κ2) is 6.07. The van der Waals surface area contributed by atoms with Crippen molar-refractivity contribution in [3.63, 3.8) is 0 Å². The van der Waals surface area contributed by atoms with E-state index in [1.165, 1.54) is 5.56 Å². The second-order valence-electron chi connectivity index (χ2n) is 3.90. The molecule has 5 heteroatoms. The highest BCUT2D eigenvalue weighted by atomic mass is 79.9. The molecule has 0 fully saturated rings. The number of hydrogen-bond acceptors (Lipinski definition) is 3. The second-order valence-corrected chi connectivity index (χ2v) is 5.19. The molecule has 0 spiro atoms. The third-order valence-corrected chi connectivity index (χ3v) is 3.34. The number of anilines is 2. The fraction of sp³-hybridized carbons (Fsp3) is 0.154. The first kappa shape index (κ1) is 13.2. The van der Waals surface area contributed by atoms with Crippen LogP contribution in [0.4, 0.5) is 11.5 Å². The molecule has 0 amide bonds. The zero-order valence-electron chi connectivity index (χ0n) is 9.66. The molecule has 3 N–H and O–H groups in total. The first-order chi connectivity index (χ1) is 8.65. The lowest BCUT2D eigenvalue weighted by molar-refractivity contribution is 1.00. The Bertz CT molecular complexity index is 528. The molecule has 1 aromatic carbocycles. The Hall–Kier alpha value is -1.26. The topological polar surface area (TPSA) is 50.9 Å². The van der Waals surface area contributed by atoms with Gasteiger partial charge in [-0.15, -0.1) is 0 Å². The molecule has 0 aliphatic carbocycles. The van der Waals surface area contributed by atoms with Crippen molar-refractivity contribution in [2.45, 2.75) is 6.42 Å². The minimum absolute atomic E-state index is 0.644. The number of benzene rings is 1. The third kappa shape index (κ3) is 3.62. The number of nitrogen functional groups attached to an aromatic ring is 1. The molecular weight excluding hydrogens is 314 g/mol. The van der Waals surface area contributed by atoms with Gasteiger partial charge in [0, 0.05) is 11.6 Å². The first-order valence-electron chi connectivity index (χ1n) is 5.54. The standard InChI is InChI=1S/C13H13BrClN3/c14-12-7-11(16)8-18-13(12)17-6-5-9-1-3-10(15)4-2-9/h1-4,7-8H,5-6,16H2,(H,17,18). The number of rotatable bonds is 4. The molecule has 94 valence electrons. The van der Waals surface area contributed by atoms with E-state index in [0.717, 1.165) is 28.3 Å². The Morgan fingerprint density at radius 3 is 2.67 bits per heavy atom. The van der Waals surface area contributed by atoms with Crippen molar-refractivity contribution < 1.29 is 0 Å². The lowest BCUT2D eigenvalue weighted by Crippen LogP contribution is -2.07. The molecule has 1 aromatic heterocycles. The van der Waals surface area contributed by atoms with Gasteiger partial charge in [-0.2, -0.15) is 0 Å². The van der Waals surface area contributed by atoms with E-state index in [1.807, 2.05) is 30.3 Å². The van der Waals surface area contributed by atoms with Gasteiger partial charge in [0.25, 0.3) is 0 Å². The molecule has 0 radical (unpaired) electrons. The van der Waals surface area contributed by atoms with Crippen LogP contribution in [-0.2, 0) is 6.42 Å². The zero-order valence-corrected chi connectivity index (χ0v) is 12.0. The van der Waals surface area contributed by atoms with Gasteiger partial charge in [-0.05, 0) is 46.1 Å². The minimum atomic E-state index is 0.644. The number of aromatic nitrogens is 1. The number of pyridine rings is 1. The zero-order chi connectivity index (χ0) is 13.0. The highest BCUT2D eigenvalue weighted by molar-refractivity contribution is 9.10. The Morgan fingerprint density at radius 1 is 1.28 bits per heavy atom. The van der Waals surface area contributed by atoms with Crippen LogP contribution in [0, 0.1) is 0 Å². The molecule has 3 nitrogen and oxygen atoms in total. The first-order valence-corrected chi connectivity index (χ1v) is 6.71. The van der Waals surface area contributed by atoms with Gasteiger partial charge >= 0.3 is 0 Å². The molecule has 2 aromatic rings. The normalized spacial score (nSPS) is 10.3. The van der Waals surface area contributed by atoms with Gasteiger partial charge in [0.1, 0.15) is 5.82 Å². The van der Waals surface area contributed by atoms with Crippen LogP contribution >= 0.6 is 27.5 Å². The summed E-state index contributed by atoms with van der Waals surface area (Å²) in [6.45, 7) is 0.803. The molecule has 0 unspecified atom stereocenters. The molecule has 2 rings (SSSR count). The minimum Gasteiger partial charge on any atom is -0.397 e. The predicted molar refractivity (Wildman–Crippen MR) is 80.0 cm³/mol. The number of halogens is 2. The van der Waals surface area contributed by atoms with Gasteiger partial charge in [0.2, 0.25) is 0 Å². The van der Waals surface area contributed by atoms with Gasteiger partial charge in [-0.3, -0.25) is 0 Å². The van der Waals surface area contributed by atoms with Crippen molar-refractivity contribution in [2.75, 3.05) is 17.6 Å². The number of nitrogens with one attached hydrogen (secondary N) is 1. The van der Waals surface area contributed by atoms with Crippen LogP contribution in [0.5, 0.6) is 0 Å². The number of hydrogen-bond donors (Lipinski definition) is 2. The summed E-state index contributed by atoms with van der Waals surface area (Å²) in [6.07, 6.45) is 2.55. The molecule has 0 bridgehead atoms. The lowest BCUT2D eigenvalue weighted by atomic mass is 10.1. The van der Waals surface area contributed by atoms with Crippen LogP contribution in [0.25, 0.3) is 0 Å². The van der Waals surface area contributed by atoms with E-state index < -0.39 is 0 Å². The average molecular weight is 327 g/mol. The fourth-order valence-corrected chi connectivity index (χ4v) is 2.19. The van der Waals surface area contributed by atoms with Crippen molar-refractivity contribution in [3.05, 3.63) is 51.6 Å². The predicted octanol–water partition coefficient (Wildman–Crippen LogP) is 3.73. The van der Waals surface area contributed by atoms with E-state index in [4.69, 9.17) is 17.3 Å². The largest absolute Gasteiger partial charge is 0.397 e. The number of nitrogens with zero attached hydrogens (tertiary/aromatic N) is 1. The van der Waals surface area contributed by atoms with E-state index in [1.54, 1.807) is 6.20 Å². The van der Waals surface area contributed by atoms with E-state index in [-0.39, 0.29) is 0 Å². The Morgan fingerprint density at radius 2 is 2.00 bits per heavy atom. The van der Waals surface area contributed by atoms with Crippen molar-refractivity contribution in [1.82, 2.24) is 4.98 Å². The van der Waals surface area contributed by atoms with E-state index in [0.29, 0.717) is 5.69 Å². The molecule has 0 aliphatic heterocycles. The summed E-state index contributed by atoms with van der Waals surface area (Å²) in [7, 11) is 0. The van der Waals surface area contributed by atoms with Crippen molar-refractivity contribution in [3.8, 4) is 0 Å². The van der Waals surface area contributed by atoms with Crippen LogP contribution in [0.3, 0.4) is 0 Å². The Labute approximate surface area is 119 Å². The van der Waals surface area contributed by atoms with Crippen LogP contribution < -0.4 is 11.1 Å². The summed E-state index contributed by atoms with van der Waals surface area (Å²) in [5, 5.41) is 4.02. The van der Waals surface area contributed by atoms with E-state index >= 15 is 0 Å². The van der Waals surface area contributed by atoms with E-state index in [2.05, 4.69) is 26.2 Å². The summed E-state index contributed by atoms with van der Waals surface area (Å²) < 4.78 is 0.874. The quantitative estimate of drug-likeness (QED) is 0.900. The maximum atomic E-state index is 5.83. The maximum absolute atomic E-state index is 5.83. The van der Waals surface area contributed by atoms with Crippen LogP contribution in [0.1, 0.15) is 5.56 Å². The van der Waals surface area contributed by atoms with Crippen molar-refractivity contribution in [1.29, 1.82) is 0 Å². The van der Waals surface area contributed by atoms with Gasteiger partial charge in [0.05, 0.1) is 16.4 Å². The SMILES string of the molecule is Nc1cnc(NCCc2ccc(Cl)cc2)c(Br)c1. The summed E-state index contributed by atoms with van der Waals surface area (Å²) in [4.78, 5) is 4.22. The molecule has 0 aliphatic rings. The molecule has 0 saturated heterocycles. The van der Waals surface area contributed by atoms with Crippen LogP contribution in [0.15, 0.2) is 41.0 Å². The molecular formula is C13H13BrClN3. The molecule has 0 saturated carbocycles. The third-order valence-electron chi connectivity index (χ3n) is 2.48.